The van der Waals surface area contributed by atoms with E-state index in [2.05, 4.69) is 200 Å². The fourth-order valence-electron chi connectivity index (χ4n) is 7.92. The second-order valence-corrected chi connectivity index (χ2v) is 14.3. The van der Waals surface area contributed by atoms with E-state index in [9.17, 15) is 0 Å². The number of pyridine rings is 1. The first kappa shape index (κ1) is 32.6. The standard InChI is InChI=1S/C53H37NO/c1-5-14-36(15-6-1)43-30-44(37-16-7-2-8-17-37)32-45(31-43)40-26-24-39(25-27-40)42-28-29-51-48(33-42)53-47(22-13-23-52(53)55-51)50-35-46(38-18-9-3-10-19-38)34-49(54-50)41-20-11-4-12-21-41/h1-9,11-18,20-35H,10,19H2. The van der Waals surface area contributed by atoms with Crippen LogP contribution in [0.4, 0.5) is 0 Å². The molecule has 1 aliphatic carbocycles. The van der Waals surface area contributed by atoms with Crippen molar-refractivity contribution < 1.29 is 4.42 Å². The SMILES string of the molecule is C1=CCCC(c2cc(-c3ccccc3)nc(-c3cccc4oc5ccc(-c6ccc(-c7cc(-c8ccccc8)cc(-c8ccccc8)c7)cc6)cc5c34)c2)=C1. The minimum atomic E-state index is 0.862. The third kappa shape index (κ3) is 6.38. The molecule has 0 fully saturated rings. The lowest BCUT2D eigenvalue weighted by atomic mass is 9.92. The van der Waals surface area contributed by atoms with Crippen molar-refractivity contribution in [2.45, 2.75) is 12.8 Å². The van der Waals surface area contributed by atoms with Gasteiger partial charge < -0.3 is 4.42 Å². The molecule has 0 aliphatic heterocycles. The zero-order chi connectivity index (χ0) is 36.6. The Morgan fingerprint density at radius 2 is 0.964 bits per heavy atom. The first-order valence-electron chi connectivity index (χ1n) is 19.0. The summed E-state index contributed by atoms with van der Waals surface area (Å²) >= 11 is 0. The molecular weight excluding hydrogens is 667 g/mol. The molecule has 0 bridgehead atoms. The third-order valence-electron chi connectivity index (χ3n) is 10.7. The second kappa shape index (κ2) is 14.1. The smallest absolute Gasteiger partial charge is 0.136 e. The fraction of sp³-hybridized carbons (Fsp3) is 0.0377. The molecule has 10 rings (SSSR count). The number of rotatable bonds is 7. The van der Waals surface area contributed by atoms with Crippen molar-refractivity contribution in [2.24, 2.45) is 0 Å². The van der Waals surface area contributed by atoms with Crippen LogP contribution in [0.5, 0.6) is 0 Å². The number of hydrogen-bond acceptors (Lipinski definition) is 2. The predicted octanol–water partition coefficient (Wildman–Crippen LogP) is 14.7. The number of nitrogens with zero attached hydrogens (tertiary/aromatic N) is 1. The van der Waals surface area contributed by atoms with Gasteiger partial charge in [-0.3, -0.25) is 0 Å². The van der Waals surface area contributed by atoms with Crippen LogP contribution in [-0.4, -0.2) is 4.98 Å². The lowest BCUT2D eigenvalue weighted by Crippen LogP contribution is -1.95. The van der Waals surface area contributed by atoms with Gasteiger partial charge in [0.25, 0.3) is 0 Å². The average Bonchev–Trinajstić information content (AvgIpc) is 3.66. The van der Waals surface area contributed by atoms with Gasteiger partial charge in [-0.05, 0) is 117 Å². The molecule has 260 valence electrons. The molecule has 2 heteroatoms. The van der Waals surface area contributed by atoms with Gasteiger partial charge in [-0.15, -0.1) is 0 Å². The van der Waals surface area contributed by atoms with Crippen molar-refractivity contribution in [3.05, 3.63) is 206 Å². The van der Waals surface area contributed by atoms with Gasteiger partial charge in [0.1, 0.15) is 11.2 Å². The summed E-state index contributed by atoms with van der Waals surface area (Å²) in [6.45, 7) is 0. The molecule has 0 saturated carbocycles. The van der Waals surface area contributed by atoms with Crippen molar-refractivity contribution in [2.75, 3.05) is 0 Å². The molecule has 0 amide bonds. The summed E-state index contributed by atoms with van der Waals surface area (Å²) in [4.78, 5) is 5.29. The molecular formula is C53H37NO. The van der Waals surface area contributed by atoms with Crippen molar-refractivity contribution >= 4 is 27.5 Å². The molecule has 1 aliphatic rings. The Hall–Kier alpha value is -7.03. The molecule has 2 heterocycles. The van der Waals surface area contributed by atoms with E-state index in [4.69, 9.17) is 9.40 Å². The summed E-state index contributed by atoms with van der Waals surface area (Å²) in [5.74, 6) is 0. The zero-order valence-corrected chi connectivity index (χ0v) is 30.3. The molecule has 0 atom stereocenters. The third-order valence-corrected chi connectivity index (χ3v) is 10.7. The predicted molar refractivity (Wildman–Crippen MR) is 230 cm³/mol. The summed E-state index contributed by atoms with van der Waals surface area (Å²) in [7, 11) is 0. The maximum absolute atomic E-state index is 6.49. The van der Waals surface area contributed by atoms with Crippen LogP contribution in [0.25, 0.3) is 94.5 Å². The normalized spacial score (nSPS) is 12.6. The summed E-state index contributed by atoms with van der Waals surface area (Å²) in [6, 6.07) is 65.0. The number of hydrogen-bond donors (Lipinski definition) is 0. The Morgan fingerprint density at radius 3 is 1.58 bits per heavy atom. The van der Waals surface area contributed by atoms with Crippen LogP contribution >= 0.6 is 0 Å². The minimum Gasteiger partial charge on any atom is -0.456 e. The maximum atomic E-state index is 6.49. The Kier molecular flexibility index (Phi) is 8.35. The highest BCUT2D eigenvalue weighted by molar-refractivity contribution is 6.13. The highest BCUT2D eigenvalue weighted by atomic mass is 16.3. The Labute approximate surface area is 321 Å². The van der Waals surface area contributed by atoms with E-state index in [1.807, 2.05) is 0 Å². The van der Waals surface area contributed by atoms with Gasteiger partial charge in [-0.1, -0.05) is 152 Å². The molecule has 0 saturated heterocycles. The van der Waals surface area contributed by atoms with Gasteiger partial charge in [-0.2, -0.15) is 0 Å². The van der Waals surface area contributed by atoms with Crippen molar-refractivity contribution in [1.82, 2.24) is 4.98 Å². The van der Waals surface area contributed by atoms with Crippen LogP contribution in [0.3, 0.4) is 0 Å². The number of benzene rings is 7. The Morgan fingerprint density at radius 1 is 0.400 bits per heavy atom. The molecule has 0 N–H and O–H groups in total. The molecule has 2 aromatic heterocycles. The highest BCUT2D eigenvalue weighted by Crippen LogP contribution is 2.40. The topological polar surface area (TPSA) is 26.0 Å². The molecule has 0 unspecified atom stereocenters. The molecule has 2 nitrogen and oxygen atoms in total. The zero-order valence-electron chi connectivity index (χ0n) is 30.3. The van der Waals surface area contributed by atoms with Gasteiger partial charge in [0.2, 0.25) is 0 Å². The van der Waals surface area contributed by atoms with Crippen LogP contribution in [0.1, 0.15) is 18.4 Å². The first-order valence-corrected chi connectivity index (χ1v) is 19.0. The number of fused-ring (bicyclic) bond motifs is 3. The van der Waals surface area contributed by atoms with Gasteiger partial charge in [0.05, 0.1) is 11.4 Å². The van der Waals surface area contributed by atoms with Crippen LogP contribution < -0.4 is 0 Å². The number of aromatic nitrogens is 1. The van der Waals surface area contributed by atoms with Crippen molar-refractivity contribution in [1.29, 1.82) is 0 Å². The lowest BCUT2D eigenvalue weighted by Gasteiger charge is -2.14. The van der Waals surface area contributed by atoms with Crippen LogP contribution in [0.2, 0.25) is 0 Å². The van der Waals surface area contributed by atoms with Gasteiger partial charge in [0.15, 0.2) is 0 Å². The number of allylic oxidation sites excluding steroid dienone is 4. The van der Waals surface area contributed by atoms with E-state index in [0.717, 1.165) is 68.4 Å². The Bertz CT molecular complexity index is 2820. The molecule has 9 aromatic rings. The lowest BCUT2D eigenvalue weighted by molar-refractivity contribution is 0.669. The van der Waals surface area contributed by atoms with Gasteiger partial charge in [-0.25, -0.2) is 4.98 Å². The monoisotopic (exact) mass is 703 g/mol. The summed E-state index contributed by atoms with van der Waals surface area (Å²) in [5, 5.41) is 2.17. The highest BCUT2D eigenvalue weighted by Gasteiger charge is 2.17. The average molecular weight is 704 g/mol. The summed E-state index contributed by atoms with van der Waals surface area (Å²) in [5.41, 5.74) is 17.9. The molecule has 0 spiro atoms. The summed E-state index contributed by atoms with van der Waals surface area (Å²) < 4.78 is 6.49. The van der Waals surface area contributed by atoms with E-state index in [1.165, 1.54) is 44.5 Å². The maximum Gasteiger partial charge on any atom is 0.136 e. The van der Waals surface area contributed by atoms with E-state index in [1.54, 1.807) is 0 Å². The van der Waals surface area contributed by atoms with Gasteiger partial charge >= 0.3 is 0 Å². The van der Waals surface area contributed by atoms with E-state index in [-0.39, 0.29) is 0 Å². The molecule has 0 radical (unpaired) electrons. The summed E-state index contributed by atoms with van der Waals surface area (Å²) in [6.07, 6.45) is 8.71. The minimum absolute atomic E-state index is 0.862. The molecule has 55 heavy (non-hydrogen) atoms. The van der Waals surface area contributed by atoms with Crippen molar-refractivity contribution in [3.8, 4) is 67.0 Å². The van der Waals surface area contributed by atoms with E-state index < -0.39 is 0 Å². The largest absolute Gasteiger partial charge is 0.456 e. The van der Waals surface area contributed by atoms with E-state index >= 15 is 0 Å². The fourth-order valence-corrected chi connectivity index (χ4v) is 7.92. The van der Waals surface area contributed by atoms with E-state index in [0.29, 0.717) is 0 Å². The van der Waals surface area contributed by atoms with Crippen LogP contribution in [-0.2, 0) is 0 Å². The quantitative estimate of drug-likeness (QED) is 0.165. The first-order chi connectivity index (χ1) is 27.2. The number of furan rings is 1. The van der Waals surface area contributed by atoms with Crippen LogP contribution in [0, 0.1) is 0 Å². The second-order valence-electron chi connectivity index (χ2n) is 14.3. The molecule has 7 aromatic carbocycles. The Balaban J connectivity index is 1.06. The van der Waals surface area contributed by atoms with Gasteiger partial charge in [0, 0.05) is 21.9 Å². The van der Waals surface area contributed by atoms with Crippen molar-refractivity contribution in [3.63, 3.8) is 0 Å². The van der Waals surface area contributed by atoms with Crippen LogP contribution in [0.15, 0.2) is 205 Å².